The quantitative estimate of drug-likeness (QED) is 0.419. The molecule has 0 unspecified atom stereocenters. The van der Waals surface area contributed by atoms with Gasteiger partial charge in [-0.2, -0.15) is 23.1 Å². The normalized spacial score (nSPS) is 17.9. The fraction of sp³-hybridized carbons (Fsp3) is 0.643. The number of nitrogens with one attached hydrogen (secondary N) is 2. The van der Waals surface area contributed by atoms with Crippen LogP contribution in [0.1, 0.15) is 18.4 Å². The van der Waals surface area contributed by atoms with Gasteiger partial charge in [0.1, 0.15) is 0 Å². The Morgan fingerprint density at radius 1 is 1.43 bits per heavy atom. The fourth-order valence-electron chi connectivity index (χ4n) is 2.24. The molecule has 1 aromatic rings. The van der Waals surface area contributed by atoms with E-state index in [0.29, 0.717) is 0 Å². The monoisotopic (exact) mass is 441 g/mol. The number of rotatable bonds is 5. The summed E-state index contributed by atoms with van der Waals surface area (Å²) in [5.74, 6) is 0.871. The first-order chi connectivity index (χ1) is 9.78. The molecule has 7 heteroatoms. The van der Waals surface area contributed by atoms with E-state index < -0.39 is 0 Å². The van der Waals surface area contributed by atoms with Crippen molar-refractivity contribution in [2.45, 2.75) is 24.1 Å². The van der Waals surface area contributed by atoms with E-state index in [1.54, 1.807) is 11.3 Å². The van der Waals surface area contributed by atoms with E-state index in [1.165, 1.54) is 5.56 Å². The molecular formula is C14H24IN3OS2. The third kappa shape index (κ3) is 5.96. The second-order valence-electron chi connectivity index (χ2n) is 4.91. The van der Waals surface area contributed by atoms with E-state index >= 15 is 0 Å². The molecule has 1 saturated heterocycles. The molecule has 2 rings (SSSR count). The van der Waals surface area contributed by atoms with Crippen molar-refractivity contribution in [3.05, 3.63) is 22.4 Å². The topological polar surface area (TPSA) is 45.7 Å². The van der Waals surface area contributed by atoms with Crippen LogP contribution in [-0.2, 0) is 11.3 Å². The standard InChI is InChI=1S/C14H23N3OS2.HI/c1-15-13(16-9-12-3-8-20-10-12)17-11-14(19-2)4-6-18-7-5-14;/h3,8,10H,4-7,9,11H2,1-2H3,(H2,15,16,17);1H. The summed E-state index contributed by atoms with van der Waals surface area (Å²) in [4.78, 5) is 4.29. The Hall–Kier alpha value is 0.01000. The second-order valence-corrected chi connectivity index (χ2v) is 6.96. The molecule has 0 atom stereocenters. The Morgan fingerprint density at radius 3 is 2.76 bits per heavy atom. The summed E-state index contributed by atoms with van der Waals surface area (Å²) in [7, 11) is 1.82. The maximum atomic E-state index is 5.47. The number of thioether (sulfide) groups is 1. The van der Waals surface area contributed by atoms with Crippen LogP contribution in [0.3, 0.4) is 0 Å². The van der Waals surface area contributed by atoms with E-state index in [4.69, 9.17) is 4.74 Å². The van der Waals surface area contributed by atoms with E-state index in [0.717, 1.165) is 45.1 Å². The van der Waals surface area contributed by atoms with Crippen LogP contribution in [0.25, 0.3) is 0 Å². The second kappa shape index (κ2) is 9.91. The number of hydrogen-bond donors (Lipinski definition) is 2. The van der Waals surface area contributed by atoms with Crippen molar-refractivity contribution in [1.82, 2.24) is 10.6 Å². The zero-order valence-electron chi connectivity index (χ0n) is 12.6. The maximum Gasteiger partial charge on any atom is 0.191 e. The van der Waals surface area contributed by atoms with Crippen molar-refractivity contribution in [2.75, 3.05) is 33.1 Å². The van der Waals surface area contributed by atoms with Gasteiger partial charge in [0.2, 0.25) is 0 Å². The molecule has 0 spiro atoms. The highest BCUT2D eigenvalue weighted by atomic mass is 127. The lowest BCUT2D eigenvalue weighted by atomic mass is 9.99. The highest BCUT2D eigenvalue weighted by molar-refractivity contribution is 14.0. The minimum atomic E-state index is 0. The Labute approximate surface area is 152 Å². The summed E-state index contributed by atoms with van der Waals surface area (Å²) in [5.41, 5.74) is 1.29. The van der Waals surface area contributed by atoms with Crippen molar-refractivity contribution in [3.63, 3.8) is 0 Å². The van der Waals surface area contributed by atoms with Gasteiger partial charge in [-0.1, -0.05) is 0 Å². The molecule has 0 radical (unpaired) electrons. The lowest BCUT2D eigenvalue weighted by molar-refractivity contribution is 0.0783. The molecule has 1 aliphatic heterocycles. The van der Waals surface area contributed by atoms with Crippen LogP contribution in [0.4, 0.5) is 0 Å². The third-order valence-corrected chi connectivity index (χ3v) is 5.83. The average Bonchev–Trinajstić information content (AvgIpc) is 3.02. The Balaban J connectivity index is 0.00000220. The van der Waals surface area contributed by atoms with Gasteiger partial charge in [-0.3, -0.25) is 4.99 Å². The molecule has 120 valence electrons. The fourth-order valence-corrected chi connectivity index (χ4v) is 3.70. The molecule has 4 nitrogen and oxygen atoms in total. The van der Waals surface area contributed by atoms with Gasteiger partial charge in [0.05, 0.1) is 0 Å². The van der Waals surface area contributed by atoms with E-state index in [-0.39, 0.29) is 28.7 Å². The zero-order chi connectivity index (χ0) is 14.3. The van der Waals surface area contributed by atoms with E-state index in [1.807, 2.05) is 18.8 Å². The summed E-state index contributed by atoms with van der Waals surface area (Å²) < 4.78 is 5.75. The van der Waals surface area contributed by atoms with Crippen LogP contribution in [-0.4, -0.2) is 43.8 Å². The predicted octanol–water partition coefficient (Wildman–Crippen LogP) is 2.94. The molecule has 1 aliphatic rings. The summed E-state index contributed by atoms with van der Waals surface area (Å²) in [6.07, 6.45) is 4.39. The summed E-state index contributed by atoms with van der Waals surface area (Å²) >= 11 is 3.66. The van der Waals surface area contributed by atoms with Crippen LogP contribution in [0.5, 0.6) is 0 Å². The van der Waals surface area contributed by atoms with Gasteiger partial charge in [-0.15, -0.1) is 24.0 Å². The lowest BCUT2D eigenvalue weighted by Gasteiger charge is -2.36. The van der Waals surface area contributed by atoms with Crippen LogP contribution in [0.15, 0.2) is 21.8 Å². The third-order valence-electron chi connectivity index (χ3n) is 3.68. The molecule has 0 saturated carbocycles. The molecule has 1 fully saturated rings. The summed E-state index contributed by atoms with van der Waals surface area (Å²) in [6, 6.07) is 2.13. The first-order valence-corrected chi connectivity index (χ1v) is 9.03. The molecule has 21 heavy (non-hydrogen) atoms. The zero-order valence-corrected chi connectivity index (χ0v) is 16.5. The first-order valence-electron chi connectivity index (χ1n) is 6.86. The number of halogens is 1. The van der Waals surface area contributed by atoms with Gasteiger partial charge in [-0.25, -0.2) is 0 Å². The van der Waals surface area contributed by atoms with Crippen LogP contribution in [0, 0.1) is 0 Å². The van der Waals surface area contributed by atoms with Crippen LogP contribution in [0.2, 0.25) is 0 Å². The van der Waals surface area contributed by atoms with Crippen LogP contribution >= 0.6 is 47.1 Å². The molecular weight excluding hydrogens is 417 g/mol. The molecule has 2 N–H and O–H groups in total. The SMILES string of the molecule is CN=C(NCc1ccsc1)NCC1(SC)CCOCC1.I. The van der Waals surface area contributed by atoms with E-state index in [9.17, 15) is 0 Å². The largest absolute Gasteiger partial charge is 0.381 e. The van der Waals surface area contributed by atoms with Crippen molar-refractivity contribution in [2.24, 2.45) is 4.99 Å². The van der Waals surface area contributed by atoms with Gasteiger partial charge in [-0.05, 0) is 41.5 Å². The first kappa shape index (κ1) is 19.1. The van der Waals surface area contributed by atoms with Crippen molar-refractivity contribution in [3.8, 4) is 0 Å². The Bertz CT molecular complexity index is 420. The molecule has 2 heterocycles. The molecule has 0 amide bonds. The van der Waals surface area contributed by atoms with Crippen LogP contribution < -0.4 is 10.6 Å². The van der Waals surface area contributed by atoms with Crippen molar-refractivity contribution in [1.29, 1.82) is 0 Å². The Morgan fingerprint density at radius 2 is 2.19 bits per heavy atom. The summed E-state index contributed by atoms with van der Waals surface area (Å²) in [5, 5.41) is 11.1. The van der Waals surface area contributed by atoms with E-state index in [2.05, 4.69) is 38.7 Å². The number of guanidine groups is 1. The van der Waals surface area contributed by atoms with Gasteiger partial charge < -0.3 is 15.4 Å². The van der Waals surface area contributed by atoms with Crippen molar-refractivity contribution >= 4 is 53.0 Å². The number of nitrogens with zero attached hydrogens (tertiary/aromatic N) is 1. The number of hydrogen-bond acceptors (Lipinski definition) is 4. The number of aliphatic imine (C=N–C) groups is 1. The molecule has 0 aliphatic carbocycles. The molecule has 0 bridgehead atoms. The van der Waals surface area contributed by atoms with Gasteiger partial charge >= 0.3 is 0 Å². The van der Waals surface area contributed by atoms with Crippen molar-refractivity contribution < 1.29 is 4.74 Å². The minimum Gasteiger partial charge on any atom is -0.381 e. The smallest absolute Gasteiger partial charge is 0.191 e. The predicted molar refractivity (Wildman–Crippen MR) is 104 cm³/mol. The Kier molecular flexibility index (Phi) is 9.00. The molecule has 1 aromatic heterocycles. The van der Waals surface area contributed by atoms with Gasteiger partial charge in [0.15, 0.2) is 5.96 Å². The number of ether oxygens (including phenoxy) is 1. The highest BCUT2D eigenvalue weighted by Crippen LogP contribution is 2.32. The van der Waals surface area contributed by atoms with Gasteiger partial charge in [0, 0.05) is 38.1 Å². The number of thiophene rings is 1. The molecule has 0 aromatic carbocycles. The highest BCUT2D eigenvalue weighted by Gasteiger charge is 2.31. The average molecular weight is 441 g/mol. The lowest BCUT2D eigenvalue weighted by Crippen LogP contribution is -2.47. The maximum absolute atomic E-state index is 5.47. The summed E-state index contributed by atoms with van der Waals surface area (Å²) in [6.45, 7) is 3.48. The minimum absolute atomic E-state index is 0. The van der Waals surface area contributed by atoms with Gasteiger partial charge in [0.25, 0.3) is 0 Å².